The SMILES string of the molecule is COC([O])Cc1ccc(C)c(C)c1. The summed E-state index contributed by atoms with van der Waals surface area (Å²) in [5.41, 5.74) is 3.52. The van der Waals surface area contributed by atoms with Crippen LogP contribution in [0.5, 0.6) is 0 Å². The van der Waals surface area contributed by atoms with Gasteiger partial charge in [0.25, 0.3) is 0 Å². The molecule has 1 radical (unpaired) electrons. The molecule has 1 aromatic carbocycles. The van der Waals surface area contributed by atoms with Crippen LogP contribution in [0.15, 0.2) is 18.2 Å². The van der Waals surface area contributed by atoms with Crippen molar-refractivity contribution in [1.29, 1.82) is 0 Å². The van der Waals surface area contributed by atoms with Crippen molar-refractivity contribution in [1.82, 2.24) is 0 Å². The molecule has 1 rings (SSSR count). The molecule has 0 saturated carbocycles. The topological polar surface area (TPSA) is 29.1 Å². The van der Waals surface area contributed by atoms with E-state index in [1.165, 1.54) is 18.2 Å². The Hall–Kier alpha value is -0.860. The van der Waals surface area contributed by atoms with Crippen LogP contribution in [0, 0.1) is 13.8 Å². The Labute approximate surface area is 79.2 Å². The molecule has 1 aromatic rings. The molecule has 0 aromatic heterocycles. The molecule has 0 amide bonds. The largest absolute Gasteiger partial charge is 0.353 e. The van der Waals surface area contributed by atoms with E-state index in [0.29, 0.717) is 6.42 Å². The van der Waals surface area contributed by atoms with Gasteiger partial charge < -0.3 is 4.74 Å². The van der Waals surface area contributed by atoms with Crippen LogP contribution < -0.4 is 0 Å². The van der Waals surface area contributed by atoms with Gasteiger partial charge in [0.1, 0.15) is 0 Å². The van der Waals surface area contributed by atoms with Gasteiger partial charge in [-0.3, -0.25) is 0 Å². The van der Waals surface area contributed by atoms with Gasteiger partial charge in [0.05, 0.1) is 0 Å². The number of hydrogen-bond donors (Lipinski definition) is 0. The van der Waals surface area contributed by atoms with Gasteiger partial charge in [-0.1, -0.05) is 18.2 Å². The Morgan fingerprint density at radius 2 is 2.00 bits per heavy atom. The predicted molar refractivity (Wildman–Crippen MR) is 51.1 cm³/mol. The third kappa shape index (κ3) is 2.83. The molecule has 0 aliphatic carbocycles. The van der Waals surface area contributed by atoms with Crippen molar-refractivity contribution in [3.63, 3.8) is 0 Å². The van der Waals surface area contributed by atoms with E-state index < -0.39 is 6.29 Å². The van der Waals surface area contributed by atoms with Crippen LogP contribution in [-0.2, 0) is 16.3 Å². The second kappa shape index (κ2) is 4.40. The zero-order valence-corrected chi connectivity index (χ0v) is 8.33. The number of aryl methyl sites for hydroxylation is 2. The molecule has 0 spiro atoms. The van der Waals surface area contributed by atoms with Crippen LogP contribution >= 0.6 is 0 Å². The summed E-state index contributed by atoms with van der Waals surface area (Å²) in [6, 6.07) is 6.05. The Balaban J connectivity index is 2.73. The van der Waals surface area contributed by atoms with Crippen molar-refractivity contribution in [2.24, 2.45) is 0 Å². The van der Waals surface area contributed by atoms with Crippen molar-refractivity contribution >= 4 is 0 Å². The number of rotatable bonds is 3. The molecule has 0 fully saturated rings. The lowest BCUT2D eigenvalue weighted by Crippen LogP contribution is -2.10. The second-order valence-corrected chi connectivity index (χ2v) is 3.29. The van der Waals surface area contributed by atoms with E-state index in [4.69, 9.17) is 0 Å². The first-order valence-corrected chi connectivity index (χ1v) is 4.38. The highest BCUT2D eigenvalue weighted by Gasteiger charge is 2.05. The molecule has 0 aliphatic heterocycles. The molecular weight excluding hydrogens is 164 g/mol. The van der Waals surface area contributed by atoms with Crippen LogP contribution in [0.3, 0.4) is 0 Å². The molecule has 2 nitrogen and oxygen atoms in total. The molecule has 0 heterocycles. The first-order valence-electron chi connectivity index (χ1n) is 4.38. The van der Waals surface area contributed by atoms with Gasteiger partial charge in [0.15, 0.2) is 6.29 Å². The summed E-state index contributed by atoms with van der Waals surface area (Å²) < 4.78 is 4.67. The highest BCUT2D eigenvalue weighted by molar-refractivity contribution is 5.30. The van der Waals surface area contributed by atoms with E-state index in [1.54, 1.807) is 0 Å². The third-order valence-corrected chi connectivity index (χ3v) is 2.24. The maximum absolute atomic E-state index is 11.0. The number of methoxy groups -OCH3 is 1. The van der Waals surface area contributed by atoms with Gasteiger partial charge in [-0.05, 0) is 30.5 Å². The Morgan fingerprint density at radius 1 is 1.31 bits per heavy atom. The maximum atomic E-state index is 11.0. The molecule has 1 unspecified atom stereocenters. The van der Waals surface area contributed by atoms with Crippen LogP contribution in [0.1, 0.15) is 16.7 Å². The molecule has 0 aliphatic rings. The Kier molecular flexibility index (Phi) is 3.46. The molecule has 0 saturated heterocycles. The van der Waals surface area contributed by atoms with Crippen molar-refractivity contribution in [2.75, 3.05) is 7.11 Å². The van der Waals surface area contributed by atoms with E-state index in [9.17, 15) is 5.11 Å². The smallest absolute Gasteiger partial charge is 0.195 e. The lowest BCUT2D eigenvalue weighted by Gasteiger charge is -2.07. The third-order valence-electron chi connectivity index (χ3n) is 2.24. The minimum atomic E-state index is -0.942. The fraction of sp³-hybridized carbons (Fsp3) is 0.455. The summed E-state index contributed by atoms with van der Waals surface area (Å²) in [6.45, 7) is 4.11. The quantitative estimate of drug-likeness (QED) is 0.654. The van der Waals surface area contributed by atoms with Crippen molar-refractivity contribution in [2.45, 2.75) is 26.6 Å². The molecule has 1 atom stereocenters. The monoisotopic (exact) mass is 179 g/mol. The van der Waals surface area contributed by atoms with Gasteiger partial charge >= 0.3 is 0 Å². The summed E-state index contributed by atoms with van der Waals surface area (Å²) in [4.78, 5) is 0. The van der Waals surface area contributed by atoms with E-state index in [0.717, 1.165) is 5.56 Å². The average Bonchev–Trinajstić information content (AvgIpc) is 2.11. The minimum absolute atomic E-state index is 0.442. The molecule has 71 valence electrons. The molecule has 13 heavy (non-hydrogen) atoms. The second-order valence-electron chi connectivity index (χ2n) is 3.29. The zero-order chi connectivity index (χ0) is 9.84. The first kappa shape index (κ1) is 10.2. The van der Waals surface area contributed by atoms with E-state index in [1.807, 2.05) is 25.1 Å². The summed E-state index contributed by atoms with van der Waals surface area (Å²) in [5.74, 6) is 0. The summed E-state index contributed by atoms with van der Waals surface area (Å²) in [7, 11) is 1.44. The van der Waals surface area contributed by atoms with Gasteiger partial charge in [0, 0.05) is 13.5 Å². The van der Waals surface area contributed by atoms with E-state index in [2.05, 4.69) is 11.7 Å². The van der Waals surface area contributed by atoms with Crippen LogP contribution in [-0.4, -0.2) is 13.4 Å². The van der Waals surface area contributed by atoms with Gasteiger partial charge in [0.2, 0.25) is 0 Å². The first-order chi connectivity index (χ1) is 6.13. The predicted octanol–water partition coefficient (Wildman–Crippen LogP) is 2.25. The Morgan fingerprint density at radius 3 is 2.54 bits per heavy atom. The van der Waals surface area contributed by atoms with Crippen molar-refractivity contribution in [3.05, 3.63) is 34.9 Å². The van der Waals surface area contributed by atoms with Crippen LogP contribution in [0.25, 0.3) is 0 Å². The number of hydrogen-bond acceptors (Lipinski definition) is 1. The fourth-order valence-electron chi connectivity index (χ4n) is 1.21. The highest BCUT2D eigenvalue weighted by Crippen LogP contribution is 2.11. The fourth-order valence-corrected chi connectivity index (χ4v) is 1.21. The molecular formula is C11H15O2. The zero-order valence-electron chi connectivity index (χ0n) is 8.33. The number of benzene rings is 1. The lowest BCUT2D eigenvalue weighted by molar-refractivity contribution is -0.117. The number of ether oxygens (including phenoxy) is 1. The molecule has 0 N–H and O–H groups in total. The average molecular weight is 179 g/mol. The Bertz CT molecular complexity index is 281. The summed E-state index contributed by atoms with van der Waals surface area (Å²) in [5, 5.41) is 11.0. The minimum Gasteiger partial charge on any atom is -0.353 e. The van der Waals surface area contributed by atoms with E-state index >= 15 is 0 Å². The molecule has 2 heteroatoms. The van der Waals surface area contributed by atoms with E-state index in [-0.39, 0.29) is 0 Å². The van der Waals surface area contributed by atoms with Crippen molar-refractivity contribution in [3.8, 4) is 0 Å². The van der Waals surface area contributed by atoms with Gasteiger partial charge in [-0.25, -0.2) is 5.11 Å². The van der Waals surface area contributed by atoms with Crippen LogP contribution in [0.4, 0.5) is 0 Å². The summed E-state index contributed by atoms with van der Waals surface area (Å²) in [6.07, 6.45) is -0.500. The maximum Gasteiger partial charge on any atom is 0.195 e. The lowest BCUT2D eigenvalue weighted by atomic mass is 10.0. The highest BCUT2D eigenvalue weighted by atomic mass is 16.6. The molecule has 0 bridgehead atoms. The summed E-state index contributed by atoms with van der Waals surface area (Å²) >= 11 is 0. The normalized spacial score (nSPS) is 12.9. The van der Waals surface area contributed by atoms with Gasteiger partial charge in [-0.15, -0.1) is 0 Å². The van der Waals surface area contributed by atoms with Gasteiger partial charge in [-0.2, -0.15) is 0 Å². The van der Waals surface area contributed by atoms with Crippen molar-refractivity contribution < 1.29 is 9.84 Å². The standard InChI is InChI=1S/C11H15O2/c1-8-4-5-10(6-9(8)2)7-11(12)13-3/h4-6,11H,7H2,1-3H3. The van der Waals surface area contributed by atoms with Crippen LogP contribution in [0.2, 0.25) is 0 Å².